The van der Waals surface area contributed by atoms with Crippen molar-refractivity contribution in [3.63, 3.8) is 0 Å². The first kappa shape index (κ1) is 12.9. The van der Waals surface area contributed by atoms with Crippen molar-refractivity contribution in [2.24, 2.45) is 0 Å². The summed E-state index contributed by atoms with van der Waals surface area (Å²) in [5.41, 5.74) is 1.62. The van der Waals surface area contributed by atoms with Crippen LogP contribution in [0.1, 0.15) is 46.5 Å². The van der Waals surface area contributed by atoms with Gasteiger partial charge in [-0.25, -0.2) is 4.79 Å². The van der Waals surface area contributed by atoms with Gasteiger partial charge in [0.1, 0.15) is 0 Å². The first-order valence-electron chi connectivity index (χ1n) is 5.16. The molecule has 0 aliphatic heterocycles. The summed E-state index contributed by atoms with van der Waals surface area (Å²) in [5.74, 6) is -0.340. The molecular weight excluding hydrogens is 176 g/mol. The van der Waals surface area contributed by atoms with Gasteiger partial charge in [0.2, 0.25) is 0 Å². The van der Waals surface area contributed by atoms with Gasteiger partial charge in [-0.1, -0.05) is 26.8 Å². The van der Waals surface area contributed by atoms with Gasteiger partial charge in [-0.15, -0.1) is 0 Å². The van der Waals surface area contributed by atoms with Crippen LogP contribution in [0.4, 0.5) is 0 Å². The molecule has 0 heterocycles. The molecule has 0 bridgehead atoms. The van der Waals surface area contributed by atoms with Crippen molar-refractivity contribution in [1.82, 2.24) is 0 Å². The van der Waals surface area contributed by atoms with E-state index in [1.807, 2.05) is 0 Å². The number of carbonyl (C=O) groups excluding carboxylic acids is 1. The van der Waals surface area contributed by atoms with Crippen molar-refractivity contribution >= 4 is 5.97 Å². The lowest BCUT2D eigenvalue weighted by Crippen LogP contribution is -2.00. The topological polar surface area (TPSA) is 26.3 Å². The fraction of sp³-hybridized carbons (Fsp3) is 0.583. The zero-order valence-corrected chi connectivity index (χ0v) is 9.43. The summed E-state index contributed by atoms with van der Waals surface area (Å²) in [6.07, 6.45) is 5.82. The minimum Gasteiger partial charge on any atom is -0.431 e. The van der Waals surface area contributed by atoms with E-state index in [9.17, 15) is 4.79 Å². The molecule has 0 amide bonds. The molecule has 0 spiro atoms. The van der Waals surface area contributed by atoms with Gasteiger partial charge in [0.25, 0.3) is 0 Å². The Morgan fingerprint density at radius 2 is 2.07 bits per heavy atom. The number of allylic oxidation sites excluding steroid dienone is 1. The van der Waals surface area contributed by atoms with Crippen molar-refractivity contribution < 1.29 is 9.53 Å². The predicted molar refractivity (Wildman–Crippen MR) is 58.8 cm³/mol. The molecule has 0 saturated carbocycles. The Balaban J connectivity index is 4.04. The average molecular weight is 196 g/mol. The van der Waals surface area contributed by atoms with Gasteiger partial charge in [0.05, 0.1) is 6.26 Å². The van der Waals surface area contributed by atoms with Crippen LogP contribution >= 0.6 is 0 Å². The lowest BCUT2D eigenvalue weighted by Gasteiger charge is -2.03. The number of unbranched alkanes of at least 4 members (excludes halogenated alkanes) is 1. The summed E-state index contributed by atoms with van der Waals surface area (Å²) in [4.78, 5) is 11.1. The van der Waals surface area contributed by atoms with Crippen LogP contribution in [0.25, 0.3) is 0 Å². The fourth-order valence-corrected chi connectivity index (χ4v) is 0.960. The maximum absolute atomic E-state index is 11.1. The minimum atomic E-state index is -0.340. The second-order valence-electron chi connectivity index (χ2n) is 3.42. The van der Waals surface area contributed by atoms with Gasteiger partial charge in [-0.2, -0.15) is 0 Å². The molecule has 2 nitrogen and oxygen atoms in total. The molecule has 0 aromatic rings. The summed E-state index contributed by atoms with van der Waals surface area (Å²) in [5, 5.41) is 0. The Bertz CT molecular complexity index is 226. The van der Waals surface area contributed by atoms with Gasteiger partial charge in [-0.3, -0.25) is 0 Å². The van der Waals surface area contributed by atoms with Gasteiger partial charge < -0.3 is 4.74 Å². The maximum atomic E-state index is 11.1. The first-order chi connectivity index (χ1) is 6.61. The molecule has 0 N–H and O–H groups in total. The van der Waals surface area contributed by atoms with E-state index < -0.39 is 0 Å². The van der Waals surface area contributed by atoms with E-state index in [2.05, 4.69) is 20.4 Å². The summed E-state index contributed by atoms with van der Waals surface area (Å²) >= 11 is 0. The monoisotopic (exact) mass is 196 g/mol. The van der Waals surface area contributed by atoms with Crippen LogP contribution in [-0.4, -0.2) is 5.97 Å². The highest BCUT2D eigenvalue weighted by Gasteiger charge is 2.01. The summed E-state index contributed by atoms with van der Waals surface area (Å²) < 4.78 is 4.95. The second kappa shape index (κ2) is 7.36. The quantitative estimate of drug-likeness (QED) is 0.368. The SMILES string of the molecule is C=C(C)C(=O)O/C=C(/CC)CCCC. The molecule has 0 unspecified atom stereocenters. The highest BCUT2D eigenvalue weighted by Crippen LogP contribution is 2.11. The zero-order valence-electron chi connectivity index (χ0n) is 9.43. The van der Waals surface area contributed by atoms with Crippen LogP contribution < -0.4 is 0 Å². The molecule has 0 fully saturated rings. The molecule has 0 radical (unpaired) electrons. The van der Waals surface area contributed by atoms with Crippen molar-refractivity contribution in [2.75, 3.05) is 0 Å². The van der Waals surface area contributed by atoms with Crippen LogP contribution in [0.2, 0.25) is 0 Å². The van der Waals surface area contributed by atoms with Crippen LogP contribution in [0.3, 0.4) is 0 Å². The van der Waals surface area contributed by atoms with E-state index in [4.69, 9.17) is 4.74 Å². The lowest BCUT2D eigenvalue weighted by molar-refractivity contribution is -0.133. The summed E-state index contributed by atoms with van der Waals surface area (Å²) in [7, 11) is 0. The third kappa shape index (κ3) is 5.57. The number of rotatable bonds is 6. The van der Waals surface area contributed by atoms with E-state index in [-0.39, 0.29) is 5.97 Å². The molecule has 80 valence electrons. The van der Waals surface area contributed by atoms with Gasteiger partial charge in [0, 0.05) is 5.57 Å². The summed E-state index contributed by atoms with van der Waals surface area (Å²) in [6, 6.07) is 0. The Labute approximate surface area is 86.6 Å². The average Bonchev–Trinajstić information content (AvgIpc) is 2.17. The Morgan fingerprint density at radius 3 is 2.50 bits per heavy atom. The van der Waals surface area contributed by atoms with E-state index in [1.54, 1.807) is 13.2 Å². The molecule has 14 heavy (non-hydrogen) atoms. The molecule has 0 aliphatic rings. The van der Waals surface area contributed by atoms with Gasteiger partial charge in [-0.05, 0) is 31.8 Å². The van der Waals surface area contributed by atoms with Crippen molar-refractivity contribution in [2.45, 2.75) is 46.5 Å². The van der Waals surface area contributed by atoms with Crippen LogP contribution in [0.15, 0.2) is 24.0 Å². The van der Waals surface area contributed by atoms with E-state index in [0.29, 0.717) is 5.57 Å². The molecule has 0 aliphatic carbocycles. The van der Waals surface area contributed by atoms with Crippen LogP contribution in [-0.2, 0) is 9.53 Å². The fourth-order valence-electron chi connectivity index (χ4n) is 0.960. The number of esters is 1. The third-order valence-electron chi connectivity index (χ3n) is 1.99. The van der Waals surface area contributed by atoms with E-state index >= 15 is 0 Å². The zero-order chi connectivity index (χ0) is 11.0. The standard InChI is InChI=1S/C12H20O2/c1-5-7-8-11(6-2)9-14-12(13)10(3)4/h9H,3,5-8H2,1-2,4H3/b11-9-. The second-order valence-corrected chi connectivity index (χ2v) is 3.42. The van der Waals surface area contributed by atoms with Crippen LogP contribution in [0, 0.1) is 0 Å². The summed E-state index contributed by atoms with van der Waals surface area (Å²) in [6.45, 7) is 9.38. The lowest BCUT2D eigenvalue weighted by atomic mass is 10.1. The van der Waals surface area contributed by atoms with Crippen molar-refractivity contribution in [1.29, 1.82) is 0 Å². The normalized spacial score (nSPS) is 11.2. The predicted octanol–water partition coefficient (Wildman–Crippen LogP) is 3.59. The Hall–Kier alpha value is -1.05. The number of hydrogen-bond donors (Lipinski definition) is 0. The maximum Gasteiger partial charge on any atom is 0.337 e. The van der Waals surface area contributed by atoms with E-state index in [1.165, 1.54) is 5.57 Å². The highest BCUT2D eigenvalue weighted by molar-refractivity contribution is 5.87. The van der Waals surface area contributed by atoms with Gasteiger partial charge >= 0.3 is 5.97 Å². The van der Waals surface area contributed by atoms with Gasteiger partial charge in [0.15, 0.2) is 0 Å². The minimum absolute atomic E-state index is 0.340. The molecule has 0 saturated heterocycles. The molecule has 0 aromatic heterocycles. The first-order valence-corrected chi connectivity index (χ1v) is 5.16. The Kier molecular flexibility index (Phi) is 6.81. The molecular formula is C12H20O2. The number of ether oxygens (including phenoxy) is 1. The molecule has 2 heteroatoms. The molecule has 0 rings (SSSR count). The Morgan fingerprint density at radius 1 is 1.43 bits per heavy atom. The third-order valence-corrected chi connectivity index (χ3v) is 1.99. The smallest absolute Gasteiger partial charge is 0.337 e. The largest absolute Gasteiger partial charge is 0.431 e. The highest BCUT2D eigenvalue weighted by atomic mass is 16.5. The van der Waals surface area contributed by atoms with Crippen molar-refractivity contribution in [3.05, 3.63) is 24.0 Å². The number of hydrogen-bond acceptors (Lipinski definition) is 2. The van der Waals surface area contributed by atoms with Crippen molar-refractivity contribution in [3.8, 4) is 0 Å². The van der Waals surface area contributed by atoms with Crippen LogP contribution in [0.5, 0.6) is 0 Å². The molecule has 0 atom stereocenters. The van der Waals surface area contributed by atoms with E-state index in [0.717, 1.165) is 25.7 Å². The molecule has 0 aromatic carbocycles. The number of carbonyl (C=O) groups is 1.